The van der Waals surface area contributed by atoms with Crippen LogP contribution < -0.4 is 10.6 Å². The number of hydrogen-bond acceptors (Lipinski definition) is 3. The Hall–Kier alpha value is -5.77. The molecule has 0 aromatic heterocycles. The molecular weight excluding hydrogens is 595 g/mol. The van der Waals surface area contributed by atoms with Crippen molar-refractivity contribution in [3.8, 4) is 33.4 Å². The Morgan fingerprint density at radius 1 is 0.469 bits per heavy atom. The summed E-state index contributed by atoms with van der Waals surface area (Å²) in [6, 6.07) is 59.1. The third-order valence-electron chi connectivity index (χ3n) is 10.3. The second-order valence-electron chi connectivity index (χ2n) is 13.7. The molecule has 49 heavy (non-hydrogen) atoms. The molecule has 0 bridgehead atoms. The van der Waals surface area contributed by atoms with Gasteiger partial charge >= 0.3 is 0 Å². The highest BCUT2D eigenvalue weighted by Crippen LogP contribution is 2.49. The Morgan fingerprint density at radius 2 is 1.10 bits per heavy atom. The molecule has 0 saturated heterocycles. The van der Waals surface area contributed by atoms with Crippen molar-refractivity contribution in [3.05, 3.63) is 192 Å². The Labute approximate surface area is 288 Å². The third-order valence-corrected chi connectivity index (χ3v) is 10.3. The van der Waals surface area contributed by atoms with Gasteiger partial charge in [-0.15, -0.1) is 0 Å². The minimum absolute atomic E-state index is 0.0379. The van der Waals surface area contributed by atoms with E-state index in [1.165, 1.54) is 60.8 Å². The summed E-state index contributed by atoms with van der Waals surface area (Å²) in [6.45, 7) is 4.66. The summed E-state index contributed by atoms with van der Waals surface area (Å²) < 4.78 is 0. The van der Waals surface area contributed by atoms with E-state index in [0.29, 0.717) is 0 Å². The molecule has 1 aliphatic heterocycles. The fourth-order valence-corrected chi connectivity index (χ4v) is 7.71. The first kappa shape index (κ1) is 29.4. The highest BCUT2D eigenvalue weighted by Gasteiger charge is 2.36. The highest BCUT2D eigenvalue weighted by molar-refractivity contribution is 6.02. The zero-order chi connectivity index (χ0) is 33.0. The molecule has 0 radical (unpaired) electrons. The normalized spacial score (nSPS) is 17.6. The molecule has 0 amide bonds. The van der Waals surface area contributed by atoms with Gasteiger partial charge in [0.25, 0.3) is 0 Å². The molecule has 2 aliphatic rings. The summed E-state index contributed by atoms with van der Waals surface area (Å²) in [5, 5.41) is 10.2. The number of rotatable bonds is 5. The Balaban J connectivity index is 1.19. The summed E-state index contributed by atoms with van der Waals surface area (Å²) in [5.41, 5.74) is 13.5. The van der Waals surface area contributed by atoms with Crippen LogP contribution in [0.15, 0.2) is 169 Å². The highest BCUT2D eigenvalue weighted by atomic mass is 15.3. The van der Waals surface area contributed by atoms with Crippen LogP contribution in [0.25, 0.3) is 44.2 Å². The lowest BCUT2D eigenvalue weighted by atomic mass is 9.82. The second kappa shape index (κ2) is 11.7. The van der Waals surface area contributed by atoms with Crippen molar-refractivity contribution < 1.29 is 0 Å². The van der Waals surface area contributed by atoms with Gasteiger partial charge in [0.1, 0.15) is 18.2 Å². The molecule has 1 heterocycles. The van der Waals surface area contributed by atoms with E-state index in [1.807, 2.05) is 0 Å². The monoisotopic (exact) mass is 631 g/mol. The first-order valence-corrected chi connectivity index (χ1v) is 17.1. The van der Waals surface area contributed by atoms with E-state index >= 15 is 0 Å². The topological polar surface area (TPSA) is 36.4 Å². The SMILES string of the molecule is CC1(C)c2ccccc2-c2cc(C3NC(c4ccc5ccccc5c4)=NC(c4cc(-c5ccccc5)cc(-c5ccccc5)c4)N3)ccc21. The molecule has 9 rings (SSSR count). The van der Waals surface area contributed by atoms with Crippen molar-refractivity contribution in [2.45, 2.75) is 31.6 Å². The summed E-state index contributed by atoms with van der Waals surface area (Å²) in [6.07, 6.45) is -0.443. The summed E-state index contributed by atoms with van der Waals surface area (Å²) in [5.74, 6) is 0.882. The number of nitrogens with one attached hydrogen (secondary N) is 2. The van der Waals surface area contributed by atoms with Crippen LogP contribution in [0.5, 0.6) is 0 Å². The second-order valence-corrected chi connectivity index (χ2v) is 13.7. The standard InChI is InChI=1S/C46H37N3/c1-46(2)41-20-12-11-19-39(41)40-29-35(23-24-42(40)46)44-47-43(34-22-21-32-17-9-10-18-33(32)25-34)48-45(49-44)38-27-36(30-13-5-3-6-14-30)26-37(28-38)31-15-7-4-8-16-31/h3-29,44-45,49H,1-2H3,(H,47,48). The molecule has 3 nitrogen and oxygen atoms in total. The number of fused-ring (bicyclic) bond motifs is 4. The molecular formula is C46H37N3. The fourth-order valence-electron chi connectivity index (χ4n) is 7.71. The molecule has 0 saturated carbocycles. The van der Waals surface area contributed by atoms with Crippen LogP contribution in [0.3, 0.4) is 0 Å². The molecule has 2 atom stereocenters. The zero-order valence-corrected chi connectivity index (χ0v) is 27.7. The van der Waals surface area contributed by atoms with Crippen LogP contribution in [-0.4, -0.2) is 5.84 Å². The van der Waals surface area contributed by atoms with E-state index < -0.39 is 0 Å². The van der Waals surface area contributed by atoms with E-state index in [0.717, 1.165) is 17.0 Å². The minimum atomic E-state index is -0.282. The Kier molecular flexibility index (Phi) is 7.03. The quantitative estimate of drug-likeness (QED) is 0.198. The molecule has 2 unspecified atom stereocenters. The summed E-state index contributed by atoms with van der Waals surface area (Å²) >= 11 is 0. The van der Waals surface area contributed by atoms with E-state index in [-0.39, 0.29) is 17.7 Å². The average Bonchev–Trinajstić information content (AvgIpc) is 3.40. The molecule has 236 valence electrons. The molecule has 7 aromatic rings. The van der Waals surface area contributed by atoms with E-state index in [9.17, 15) is 0 Å². The maximum atomic E-state index is 5.40. The van der Waals surface area contributed by atoms with Crippen molar-refractivity contribution in [1.82, 2.24) is 10.6 Å². The van der Waals surface area contributed by atoms with Gasteiger partial charge in [0.2, 0.25) is 0 Å². The predicted molar refractivity (Wildman–Crippen MR) is 204 cm³/mol. The number of aliphatic imine (C=N–C) groups is 1. The molecule has 0 spiro atoms. The summed E-state index contributed by atoms with van der Waals surface area (Å²) in [7, 11) is 0. The average molecular weight is 632 g/mol. The molecule has 3 heteroatoms. The number of nitrogens with zero attached hydrogens (tertiary/aromatic N) is 1. The number of hydrogen-bond donors (Lipinski definition) is 2. The van der Waals surface area contributed by atoms with Crippen molar-refractivity contribution in [1.29, 1.82) is 0 Å². The molecule has 0 fully saturated rings. The first-order valence-electron chi connectivity index (χ1n) is 17.1. The van der Waals surface area contributed by atoms with E-state index in [1.54, 1.807) is 0 Å². The smallest absolute Gasteiger partial charge is 0.131 e. The maximum Gasteiger partial charge on any atom is 0.131 e. The number of benzene rings is 7. The van der Waals surface area contributed by atoms with Gasteiger partial charge in [-0.2, -0.15) is 0 Å². The number of amidine groups is 1. The Morgan fingerprint density at radius 3 is 1.84 bits per heavy atom. The lowest BCUT2D eigenvalue weighted by Crippen LogP contribution is -2.45. The summed E-state index contributed by atoms with van der Waals surface area (Å²) in [4.78, 5) is 5.40. The van der Waals surface area contributed by atoms with Gasteiger partial charge in [0.15, 0.2) is 0 Å². The molecule has 1 aliphatic carbocycles. The maximum absolute atomic E-state index is 5.40. The van der Waals surface area contributed by atoms with Crippen LogP contribution >= 0.6 is 0 Å². The van der Waals surface area contributed by atoms with Crippen LogP contribution in [-0.2, 0) is 5.41 Å². The molecule has 2 N–H and O–H groups in total. The molecule has 7 aromatic carbocycles. The first-order chi connectivity index (χ1) is 24.0. The van der Waals surface area contributed by atoms with E-state index in [4.69, 9.17) is 4.99 Å². The predicted octanol–water partition coefficient (Wildman–Crippen LogP) is 10.8. The van der Waals surface area contributed by atoms with Crippen molar-refractivity contribution >= 4 is 16.6 Å². The van der Waals surface area contributed by atoms with Gasteiger partial charge < -0.3 is 5.32 Å². The third kappa shape index (κ3) is 5.24. The van der Waals surface area contributed by atoms with Crippen molar-refractivity contribution in [3.63, 3.8) is 0 Å². The van der Waals surface area contributed by atoms with Gasteiger partial charge in [-0.1, -0.05) is 147 Å². The van der Waals surface area contributed by atoms with Crippen LogP contribution in [0.2, 0.25) is 0 Å². The van der Waals surface area contributed by atoms with Crippen molar-refractivity contribution in [2.75, 3.05) is 0 Å². The van der Waals surface area contributed by atoms with Gasteiger partial charge in [-0.25, -0.2) is 4.99 Å². The van der Waals surface area contributed by atoms with Gasteiger partial charge in [-0.3, -0.25) is 5.32 Å². The van der Waals surface area contributed by atoms with Crippen LogP contribution in [0.4, 0.5) is 0 Å². The van der Waals surface area contributed by atoms with Gasteiger partial charge in [0.05, 0.1) is 0 Å². The van der Waals surface area contributed by atoms with Gasteiger partial charge in [0, 0.05) is 11.0 Å². The Bertz CT molecular complexity index is 2310. The minimum Gasteiger partial charge on any atom is -0.350 e. The zero-order valence-electron chi connectivity index (χ0n) is 27.7. The fraction of sp³-hybridized carbons (Fsp3) is 0.109. The lowest BCUT2D eigenvalue weighted by molar-refractivity contribution is 0.409. The lowest BCUT2D eigenvalue weighted by Gasteiger charge is -2.33. The van der Waals surface area contributed by atoms with Gasteiger partial charge in [-0.05, 0) is 96.7 Å². The van der Waals surface area contributed by atoms with Crippen LogP contribution in [0.1, 0.15) is 54.0 Å². The van der Waals surface area contributed by atoms with Crippen LogP contribution in [0, 0.1) is 0 Å². The van der Waals surface area contributed by atoms with Crippen molar-refractivity contribution in [2.24, 2.45) is 4.99 Å². The largest absolute Gasteiger partial charge is 0.350 e. The van der Waals surface area contributed by atoms with E-state index in [2.05, 4.69) is 188 Å².